The molecular formula is C26H22Br2N2O3S2. The minimum absolute atomic E-state index is 0.150. The van der Waals surface area contributed by atoms with Gasteiger partial charge in [0, 0.05) is 24.3 Å². The Morgan fingerprint density at radius 3 is 2.37 bits per heavy atom. The number of halogens is 2. The van der Waals surface area contributed by atoms with Crippen LogP contribution in [0.1, 0.15) is 11.1 Å². The average molecular weight is 634 g/mol. The third-order valence-electron chi connectivity index (χ3n) is 5.26. The summed E-state index contributed by atoms with van der Waals surface area (Å²) in [7, 11) is 5.54. The van der Waals surface area contributed by atoms with Gasteiger partial charge < -0.3 is 14.4 Å². The van der Waals surface area contributed by atoms with E-state index in [1.165, 1.54) is 11.8 Å². The van der Waals surface area contributed by atoms with E-state index >= 15 is 0 Å². The number of hydrogen-bond acceptors (Lipinski definition) is 6. The largest absolute Gasteiger partial charge is 0.493 e. The molecule has 1 aliphatic heterocycles. The quantitative estimate of drug-likeness (QED) is 0.201. The van der Waals surface area contributed by atoms with Crippen molar-refractivity contribution in [1.82, 2.24) is 0 Å². The highest BCUT2D eigenvalue weighted by atomic mass is 79.9. The van der Waals surface area contributed by atoms with E-state index in [-0.39, 0.29) is 5.91 Å². The molecule has 0 aromatic heterocycles. The van der Waals surface area contributed by atoms with Gasteiger partial charge in [0.25, 0.3) is 5.91 Å². The van der Waals surface area contributed by atoms with Crippen LogP contribution in [0.4, 0.5) is 11.4 Å². The summed E-state index contributed by atoms with van der Waals surface area (Å²) in [6.45, 7) is 0.396. The number of rotatable bonds is 7. The summed E-state index contributed by atoms with van der Waals surface area (Å²) in [5, 5.41) is 0. The lowest BCUT2D eigenvalue weighted by atomic mass is 10.1. The summed E-state index contributed by atoms with van der Waals surface area (Å²) < 4.78 is 13.9. The SMILES string of the molecule is COc1cc(C=C2SC(=S)N(c3ccc(N(C)C)cc3)C2=O)cc(Br)c1OCc1ccc(Br)cc1. The Morgan fingerprint density at radius 1 is 1.06 bits per heavy atom. The van der Waals surface area contributed by atoms with E-state index in [9.17, 15) is 4.79 Å². The van der Waals surface area contributed by atoms with Crippen molar-refractivity contribution >= 4 is 83.5 Å². The maximum atomic E-state index is 13.2. The van der Waals surface area contributed by atoms with Gasteiger partial charge in [0.2, 0.25) is 0 Å². The summed E-state index contributed by atoms with van der Waals surface area (Å²) in [5.74, 6) is 1.02. The molecule has 0 aliphatic carbocycles. The second-order valence-corrected chi connectivity index (χ2v) is 11.3. The van der Waals surface area contributed by atoms with Crippen molar-refractivity contribution in [1.29, 1.82) is 0 Å². The maximum Gasteiger partial charge on any atom is 0.270 e. The molecule has 0 atom stereocenters. The number of carbonyl (C=O) groups excluding carboxylic acids is 1. The normalized spacial score (nSPS) is 14.5. The molecule has 9 heteroatoms. The van der Waals surface area contributed by atoms with Crippen molar-refractivity contribution in [2.24, 2.45) is 0 Å². The van der Waals surface area contributed by atoms with Crippen molar-refractivity contribution in [3.8, 4) is 11.5 Å². The fraction of sp³-hybridized carbons (Fsp3) is 0.154. The Labute approximate surface area is 231 Å². The van der Waals surface area contributed by atoms with Crippen LogP contribution in [0.25, 0.3) is 6.08 Å². The molecule has 3 aromatic rings. The van der Waals surface area contributed by atoms with Crippen LogP contribution in [-0.4, -0.2) is 31.4 Å². The minimum Gasteiger partial charge on any atom is -0.493 e. The highest BCUT2D eigenvalue weighted by molar-refractivity contribution is 9.10. The zero-order valence-corrected chi connectivity index (χ0v) is 24.1. The first kappa shape index (κ1) is 25.8. The van der Waals surface area contributed by atoms with Gasteiger partial charge in [-0.05, 0) is 81.7 Å². The topological polar surface area (TPSA) is 42.0 Å². The average Bonchev–Trinajstić information content (AvgIpc) is 3.11. The first-order chi connectivity index (χ1) is 16.8. The summed E-state index contributed by atoms with van der Waals surface area (Å²) in [4.78, 5) is 17.3. The Morgan fingerprint density at radius 2 is 1.74 bits per heavy atom. The van der Waals surface area contributed by atoms with Crippen LogP contribution in [0.15, 0.2) is 74.5 Å². The monoisotopic (exact) mass is 632 g/mol. The van der Waals surface area contributed by atoms with Crippen molar-refractivity contribution < 1.29 is 14.3 Å². The molecule has 0 radical (unpaired) electrons. The summed E-state index contributed by atoms with van der Waals surface area (Å²) in [5.41, 5.74) is 3.63. The molecule has 1 aliphatic rings. The third kappa shape index (κ3) is 5.91. The number of methoxy groups -OCH3 is 1. The van der Waals surface area contributed by atoms with Gasteiger partial charge in [0.1, 0.15) is 6.61 Å². The lowest BCUT2D eigenvalue weighted by Crippen LogP contribution is -2.27. The predicted octanol–water partition coefficient (Wildman–Crippen LogP) is 7.27. The molecule has 1 fully saturated rings. The highest BCUT2D eigenvalue weighted by Gasteiger charge is 2.33. The fourth-order valence-electron chi connectivity index (χ4n) is 3.44. The van der Waals surface area contributed by atoms with Crippen LogP contribution in [0, 0.1) is 0 Å². The molecule has 180 valence electrons. The molecule has 0 unspecified atom stereocenters. The molecule has 1 amide bonds. The molecule has 35 heavy (non-hydrogen) atoms. The molecule has 4 rings (SSSR count). The summed E-state index contributed by atoms with van der Waals surface area (Å²) in [6, 6.07) is 19.4. The number of thioether (sulfide) groups is 1. The van der Waals surface area contributed by atoms with E-state index in [4.69, 9.17) is 21.7 Å². The first-order valence-electron chi connectivity index (χ1n) is 10.6. The van der Waals surface area contributed by atoms with Crippen LogP contribution >= 0.6 is 55.8 Å². The lowest BCUT2D eigenvalue weighted by molar-refractivity contribution is -0.113. The van der Waals surface area contributed by atoms with E-state index in [1.807, 2.05) is 85.7 Å². The Kier molecular flexibility index (Phi) is 8.21. The highest BCUT2D eigenvalue weighted by Crippen LogP contribution is 2.40. The standard InChI is InChI=1S/C26H22Br2N2O3S2/c1-29(2)19-8-10-20(11-9-19)30-25(31)23(35-26(30)34)14-17-12-21(28)24(22(13-17)32-3)33-15-16-4-6-18(27)7-5-16/h4-14H,15H2,1-3H3. The van der Waals surface area contributed by atoms with Gasteiger partial charge in [-0.2, -0.15) is 0 Å². The number of thiocarbonyl (C=S) groups is 1. The number of amides is 1. The van der Waals surface area contributed by atoms with Gasteiger partial charge in [-0.15, -0.1) is 0 Å². The predicted molar refractivity (Wildman–Crippen MR) is 156 cm³/mol. The van der Waals surface area contributed by atoms with Crippen molar-refractivity contribution in [3.05, 3.63) is 85.6 Å². The molecule has 1 saturated heterocycles. The van der Waals surface area contributed by atoms with Gasteiger partial charge >= 0.3 is 0 Å². The third-order valence-corrected chi connectivity index (χ3v) is 7.68. The van der Waals surface area contributed by atoms with Crippen LogP contribution in [0.3, 0.4) is 0 Å². The van der Waals surface area contributed by atoms with E-state index in [0.29, 0.717) is 27.3 Å². The van der Waals surface area contributed by atoms with E-state index < -0.39 is 0 Å². The van der Waals surface area contributed by atoms with Crippen LogP contribution in [0.5, 0.6) is 11.5 Å². The smallest absolute Gasteiger partial charge is 0.270 e. The number of hydrogen-bond donors (Lipinski definition) is 0. The molecule has 5 nitrogen and oxygen atoms in total. The Bertz CT molecular complexity index is 1290. The Balaban J connectivity index is 1.55. The van der Waals surface area contributed by atoms with Crippen molar-refractivity contribution in [2.75, 3.05) is 31.0 Å². The number of benzene rings is 3. The summed E-state index contributed by atoms with van der Waals surface area (Å²) >= 11 is 13.8. The fourth-order valence-corrected chi connectivity index (χ4v) is 5.58. The van der Waals surface area contributed by atoms with Gasteiger partial charge in [0.15, 0.2) is 15.8 Å². The number of carbonyl (C=O) groups is 1. The van der Waals surface area contributed by atoms with Crippen LogP contribution < -0.4 is 19.3 Å². The molecule has 0 saturated carbocycles. The van der Waals surface area contributed by atoms with Gasteiger partial charge in [-0.1, -0.05) is 52.0 Å². The van der Waals surface area contributed by atoms with E-state index in [0.717, 1.165) is 31.4 Å². The second-order valence-electron chi connectivity index (χ2n) is 7.88. The number of ether oxygens (including phenoxy) is 2. The lowest BCUT2D eigenvalue weighted by Gasteiger charge is -2.17. The second kappa shape index (κ2) is 11.2. The molecule has 1 heterocycles. The molecule has 0 spiro atoms. The van der Waals surface area contributed by atoms with Gasteiger partial charge in [0.05, 0.1) is 22.2 Å². The van der Waals surface area contributed by atoms with Crippen LogP contribution in [0.2, 0.25) is 0 Å². The van der Waals surface area contributed by atoms with Crippen molar-refractivity contribution in [2.45, 2.75) is 6.61 Å². The minimum atomic E-state index is -0.150. The maximum absolute atomic E-state index is 13.2. The molecular weight excluding hydrogens is 612 g/mol. The molecule has 0 N–H and O–H groups in total. The molecule has 3 aromatic carbocycles. The number of nitrogens with zero attached hydrogens (tertiary/aromatic N) is 2. The first-order valence-corrected chi connectivity index (χ1v) is 13.4. The zero-order valence-electron chi connectivity index (χ0n) is 19.2. The molecule has 0 bridgehead atoms. The van der Waals surface area contributed by atoms with Gasteiger partial charge in [-0.25, -0.2) is 0 Å². The van der Waals surface area contributed by atoms with E-state index in [2.05, 4.69) is 31.9 Å². The zero-order chi connectivity index (χ0) is 25.1. The van der Waals surface area contributed by atoms with Gasteiger partial charge in [-0.3, -0.25) is 9.69 Å². The number of anilines is 2. The van der Waals surface area contributed by atoms with E-state index in [1.54, 1.807) is 12.0 Å². The van der Waals surface area contributed by atoms with Crippen molar-refractivity contribution in [3.63, 3.8) is 0 Å². The summed E-state index contributed by atoms with van der Waals surface area (Å²) in [6.07, 6.45) is 1.82. The van der Waals surface area contributed by atoms with Crippen LogP contribution in [-0.2, 0) is 11.4 Å². The Hall–Kier alpha value is -2.33.